The first kappa shape index (κ1) is 19.6. The standard InChI is InChI=1S/C18H24O3S.H3N/c1-17(2,3)14-11-12-9-7-8-10-13(12)16(22(19,20)21)15(14)18(4,5)6;/h7-11H,1-6H3,(H,19,20,21);1H3. The first-order valence-electron chi connectivity index (χ1n) is 7.36. The van der Waals surface area contributed by atoms with Crippen LogP contribution in [0.4, 0.5) is 0 Å². The summed E-state index contributed by atoms with van der Waals surface area (Å²) in [7, 11) is -4.58. The Morgan fingerprint density at radius 1 is 0.913 bits per heavy atom. The molecule has 0 bridgehead atoms. The van der Waals surface area contributed by atoms with Crippen molar-refractivity contribution in [1.29, 1.82) is 0 Å². The highest BCUT2D eigenvalue weighted by Gasteiger charge is 2.31. The maximum absolute atomic E-state index is 12.0. The molecule has 0 saturated carbocycles. The minimum absolute atomic E-state index is 0. The Morgan fingerprint density at radius 3 is 1.87 bits per heavy atom. The zero-order valence-electron chi connectivity index (χ0n) is 15.0. The van der Waals surface area contributed by atoms with Gasteiger partial charge < -0.3 is 10.7 Å². The van der Waals surface area contributed by atoms with Crippen LogP contribution in [-0.2, 0) is 20.9 Å². The van der Waals surface area contributed by atoms with Crippen LogP contribution < -0.4 is 6.15 Å². The topological polar surface area (TPSA) is 93.7 Å². The number of rotatable bonds is 1. The predicted molar refractivity (Wildman–Crippen MR) is 95.3 cm³/mol. The van der Waals surface area contributed by atoms with E-state index in [1.807, 2.05) is 59.7 Å². The van der Waals surface area contributed by atoms with Crippen molar-refractivity contribution in [2.24, 2.45) is 0 Å². The average Bonchev–Trinajstić information content (AvgIpc) is 2.33. The van der Waals surface area contributed by atoms with Gasteiger partial charge in [0.1, 0.15) is 10.1 Å². The molecule has 5 heteroatoms. The molecule has 0 aliphatic heterocycles. The number of hydrogen-bond donors (Lipinski definition) is 1. The maximum atomic E-state index is 12.0. The number of hydrogen-bond acceptors (Lipinski definition) is 3. The third-order valence-electron chi connectivity index (χ3n) is 3.81. The van der Waals surface area contributed by atoms with Crippen molar-refractivity contribution in [2.75, 3.05) is 0 Å². The van der Waals surface area contributed by atoms with Crippen molar-refractivity contribution in [3.8, 4) is 0 Å². The lowest BCUT2D eigenvalue weighted by molar-refractivity contribution is 0.455. The van der Waals surface area contributed by atoms with Gasteiger partial charge >= 0.3 is 0 Å². The molecule has 0 aliphatic carbocycles. The molecular weight excluding hydrogens is 310 g/mol. The molecule has 0 aliphatic rings. The molecule has 2 aromatic carbocycles. The predicted octanol–water partition coefficient (Wildman–Crippen LogP) is 4.72. The van der Waals surface area contributed by atoms with Crippen molar-refractivity contribution < 1.29 is 13.0 Å². The van der Waals surface area contributed by atoms with E-state index in [0.29, 0.717) is 10.9 Å². The highest BCUT2D eigenvalue weighted by molar-refractivity contribution is 7.86. The molecule has 4 nitrogen and oxygen atoms in total. The van der Waals surface area contributed by atoms with E-state index in [2.05, 4.69) is 0 Å². The number of quaternary nitrogens is 1. The Hall–Kier alpha value is -1.43. The summed E-state index contributed by atoms with van der Waals surface area (Å²) in [4.78, 5) is -0.0666. The molecule has 0 saturated heterocycles. The summed E-state index contributed by atoms with van der Waals surface area (Å²) in [6.07, 6.45) is 0. The summed E-state index contributed by atoms with van der Waals surface area (Å²) in [6.45, 7) is 11.9. The van der Waals surface area contributed by atoms with Crippen LogP contribution in [-0.4, -0.2) is 13.0 Å². The number of fused-ring (bicyclic) bond motifs is 1. The number of benzene rings is 2. The lowest BCUT2D eigenvalue weighted by atomic mass is 9.74. The fourth-order valence-corrected chi connectivity index (χ4v) is 4.03. The Bertz CT molecular complexity index is 826. The first-order valence-corrected chi connectivity index (χ1v) is 8.77. The molecule has 4 N–H and O–H groups in total. The maximum Gasteiger partial charge on any atom is 0.125 e. The monoisotopic (exact) mass is 337 g/mol. The summed E-state index contributed by atoms with van der Waals surface area (Å²) in [6, 6.07) is 9.20. The van der Waals surface area contributed by atoms with Gasteiger partial charge in [-0.15, -0.1) is 0 Å². The highest BCUT2D eigenvalue weighted by atomic mass is 32.2. The van der Waals surface area contributed by atoms with E-state index in [-0.39, 0.29) is 16.5 Å². The lowest BCUT2D eigenvalue weighted by Crippen LogP contribution is -2.25. The molecule has 0 spiro atoms. The summed E-state index contributed by atoms with van der Waals surface area (Å²) >= 11 is 0. The molecule has 0 unspecified atom stereocenters. The van der Waals surface area contributed by atoms with E-state index in [1.165, 1.54) is 0 Å². The molecule has 2 aromatic rings. The second-order valence-corrected chi connectivity index (χ2v) is 9.12. The van der Waals surface area contributed by atoms with Crippen LogP contribution in [0.3, 0.4) is 0 Å². The summed E-state index contributed by atoms with van der Waals surface area (Å²) in [5.41, 5.74) is 0.841. The fraction of sp³-hybridized carbons (Fsp3) is 0.444. The Morgan fingerprint density at radius 2 is 1.43 bits per heavy atom. The fourth-order valence-electron chi connectivity index (χ4n) is 2.91. The quantitative estimate of drug-likeness (QED) is 0.763. The summed E-state index contributed by atoms with van der Waals surface area (Å²) in [5, 5.41) is 1.30. The molecule has 2 rings (SSSR count). The smallest absolute Gasteiger partial charge is 0.125 e. The zero-order valence-corrected chi connectivity index (χ0v) is 15.8. The zero-order chi connectivity index (χ0) is 16.9. The van der Waals surface area contributed by atoms with Gasteiger partial charge in [-0.3, -0.25) is 0 Å². The van der Waals surface area contributed by atoms with Gasteiger partial charge in [-0.05, 0) is 32.7 Å². The minimum atomic E-state index is -4.58. The van der Waals surface area contributed by atoms with Crippen molar-refractivity contribution >= 4 is 20.9 Å². The lowest BCUT2D eigenvalue weighted by Gasteiger charge is -2.34. The van der Waals surface area contributed by atoms with Gasteiger partial charge in [0.05, 0.1) is 4.90 Å². The minimum Gasteiger partial charge on any atom is -0.744 e. The van der Waals surface area contributed by atoms with Crippen LogP contribution in [0.2, 0.25) is 0 Å². The molecule has 0 aromatic heterocycles. The van der Waals surface area contributed by atoms with E-state index in [4.69, 9.17) is 0 Å². The molecule has 0 heterocycles. The Kier molecular flexibility index (Phi) is 5.02. The van der Waals surface area contributed by atoms with Crippen LogP contribution in [0.25, 0.3) is 10.8 Å². The van der Waals surface area contributed by atoms with Crippen molar-refractivity contribution in [3.63, 3.8) is 0 Å². The van der Waals surface area contributed by atoms with Crippen LogP contribution in [0.15, 0.2) is 35.2 Å². The molecule has 0 atom stereocenters. The van der Waals surface area contributed by atoms with Gasteiger partial charge in [0.15, 0.2) is 0 Å². The molecular formula is C18H27NO3S. The Labute approximate surface area is 139 Å². The van der Waals surface area contributed by atoms with E-state index in [0.717, 1.165) is 10.9 Å². The van der Waals surface area contributed by atoms with Crippen molar-refractivity contribution in [3.05, 3.63) is 41.5 Å². The van der Waals surface area contributed by atoms with E-state index >= 15 is 0 Å². The normalized spacial score (nSPS) is 13.0. The van der Waals surface area contributed by atoms with Crippen LogP contribution in [0, 0.1) is 0 Å². The van der Waals surface area contributed by atoms with E-state index in [9.17, 15) is 13.0 Å². The van der Waals surface area contributed by atoms with Gasteiger partial charge in [0.25, 0.3) is 0 Å². The van der Waals surface area contributed by atoms with Gasteiger partial charge in [0.2, 0.25) is 0 Å². The second kappa shape index (κ2) is 5.89. The molecule has 0 radical (unpaired) electrons. The summed E-state index contributed by atoms with van der Waals surface area (Å²) in [5.74, 6) is 0. The van der Waals surface area contributed by atoms with E-state index < -0.39 is 15.5 Å². The third-order valence-corrected chi connectivity index (χ3v) is 4.73. The van der Waals surface area contributed by atoms with Gasteiger partial charge in [-0.25, -0.2) is 8.42 Å². The SMILES string of the molecule is CC(C)(C)c1cc2ccccc2c(S(=O)(=O)[O-])c1C(C)(C)C.[NH4+]. The molecule has 23 heavy (non-hydrogen) atoms. The van der Waals surface area contributed by atoms with Crippen LogP contribution in [0.5, 0.6) is 0 Å². The first-order chi connectivity index (χ1) is 9.83. The highest BCUT2D eigenvalue weighted by Crippen LogP contribution is 2.41. The van der Waals surface area contributed by atoms with Crippen molar-refractivity contribution in [2.45, 2.75) is 57.3 Å². The van der Waals surface area contributed by atoms with Gasteiger partial charge in [0, 0.05) is 0 Å². The third kappa shape index (κ3) is 3.74. The van der Waals surface area contributed by atoms with Gasteiger partial charge in [-0.2, -0.15) is 0 Å². The molecule has 0 amide bonds. The largest absolute Gasteiger partial charge is 0.744 e. The van der Waals surface area contributed by atoms with Crippen LogP contribution in [0.1, 0.15) is 52.7 Å². The van der Waals surface area contributed by atoms with E-state index in [1.54, 1.807) is 12.1 Å². The Balaban J connectivity index is 0.00000264. The van der Waals surface area contributed by atoms with Crippen LogP contribution >= 0.6 is 0 Å². The average molecular weight is 337 g/mol. The van der Waals surface area contributed by atoms with Gasteiger partial charge in [-0.1, -0.05) is 71.9 Å². The van der Waals surface area contributed by atoms with Crippen molar-refractivity contribution in [1.82, 2.24) is 6.15 Å². The molecule has 128 valence electrons. The summed E-state index contributed by atoms with van der Waals surface area (Å²) < 4.78 is 36.1. The molecule has 0 fully saturated rings. The second-order valence-electron chi connectivity index (χ2n) is 7.80.